The maximum atomic E-state index is 13.6. The van der Waals surface area contributed by atoms with E-state index in [0.717, 1.165) is 17.1 Å². The van der Waals surface area contributed by atoms with Crippen LogP contribution in [0.5, 0.6) is 0 Å². The molecule has 32 heavy (non-hydrogen) atoms. The number of rotatable bonds is 5. The fourth-order valence-corrected chi connectivity index (χ4v) is 3.39. The summed E-state index contributed by atoms with van der Waals surface area (Å²) in [4.78, 5) is 27.2. The van der Waals surface area contributed by atoms with E-state index in [0.29, 0.717) is 29.1 Å². The van der Waals surface area contributed by atoms with Gasteiger partial charge in [0.1, 0.15) is 28.8 Å². The van der Waals surface area contributed by atoms with Crippen molar-refractivity contribution in [3.8, 4) is 11.4 Å². The number of aromatic amines is 2. The van der Waals surface area contributed by atoms with Gasteiger partial charge in [0.2, 0.25) is 0 Å². The average Bonchev–Trinajstić information content (AvgIpc) is 3.34. The quantitative estimate of drug-likeness (QED) is 0.406. The molecule has 0 bridgehead atoms. The van der Waals surface area contributed by atoms with Crippen LogP contribution < -0.4 is 5.32 Å². The molecular weight excluding hydrogens is 416 g/mol. The van der Waals surface area contributed by atoms with Crippen molar-refractivity contribution >= 4 is 17.0 Å². The van der Waals surface area contributed by atoms with Crippen LogP contribution in [0.15, 0.2) is 48.9 Å². The zero-order valence-electron chi connectivity index (χ0n) is 17.9. The Hall–Kier alpha value is -3.75. The number of hydrogen-bond donors (Lipinski definition) is 3. The number of amides is 1. The molecule has 1 atom stereocenters. The predicted octanol–water partition coefficient (Wildman–Crippen LogP) is 5.04. The first kappa shape index (κ1) is 21.5. The monoisotopic (exact) mass is 439 g/mol. The molecule has 0 spiro atoms. The number of H-pyrrole nitrogens is 2. The van der Waals surface area contributed by atoms with Crippen molar-refractivity contribution in [3.63, 3.8) is 0 Å². The van der Waals surface area contributed by atoms with Crippen molar-refractivity contribution in [1.29, 1.82) is 0 Å². The maximum Gasteiger partial charge on any atom is 0.408 e. The molecule has 166 valence electrons. The molecule has 0 saturated carbocycles. The maximum absolute atomic E-state index is 13.6. The average molecular weight is 439 g/mol. The van der Waals surface area contributed by atoms with E-state index in [1.54, 1.807) is 39.2 Å². The number of halogens is 2. The van der Waals surface area contributed by atoms with Crippen LogP contribution in [0.4, 0.5) is 13.6 Å². The lowest BCUT2D eigenvalue weighted by Crippen LogP contribution is -2.36. The van der Waals surface area contributed by atoms with Gasteiger partial charge >= 0.3 is 6.09 Å². The van der Waals surface area contributed by atoms with Gasteiger partial charge in [0.05, 0.1) is 17.9 Å². The molecule has 0 radical (unpaired) electrons. The fourth-order valence-electron chi connectivity index (χ4n) is 3.39. The van der Waals surface area contributed by atoms with E-state index < -0.39 is 23.6 Å². The minimum absolute atomic E-state index is 0.336. The molecule has 0 unspecified atom stereocenters. The molecule has 0 aliphatic carbocycles. The molecule has 7 nitrogen and oxygen atoms in total. The summed E-state index contributed by atoms with van der Waals surface area (Å²) in [5.74, 6) is -0.296. The predicted molar refractivity (Wildman–Crippen MR) is 116 cm³/mol. The second-order valence-corrected chi connectivity index (χ2v) is 8.44. The van der Waals surface area contributed by atoms with Gasteiger partial charge in [-0.2, -0.15) is 0 Å². The summed E-state index contributed by atoms with van der Waals surface area (Å²) < 4.78 is 32.2. The highest BCUT2D eigenvalue weighted by atomic mass is 19.1. The van der Waals surface area contributed by atoms with Gasteiger partial charge < -0.3 is 20.0 Å². The lowest BCUT2D eigenvalue weighted by atomic mass is 10.0. The van der Waals surface area contributed by atoms with Crippen LogP contribution in [-0.2, 0) is 11.2 Å². The summed E-state index contributed by atoms with van der Waals surface area (Å²) in [5.41, 5.74) is 1.87. The van der Waals surface area contributed by atoms with E-state index >= 15 is 0 Å². The molecule has 0 aliphatic heterocycles. The number of hydrogen-bond acceptors (Lipinski definition) is 4. The zero-order chi connectivity index (χ0) is 22.9. The van der Waals surface area contributed by atoms with Gasteiger partial charge in [-0.1, -0.05) is 0 Å². The van der Waals surface area contributed by atoms with Crippen molar-refractivity contribution < 1.29 is 18.3 Å². The van der Waals surface area contributed by atoms with Crippen LogP contribution in [0.25, 0.3) is 22.3 Å². The molecule has 4 aromatic rings. The molecule has 3 aromatic heterocycles. The van der Waals surface area contributed by atoms with Crippen LogP contribution in [0.3, 0.4) is 0 Å². The van der Waals surface area contributed by atoms with Gasteiger partial charge in [0.25, 0.3) is 0 Å². The molecule has 1 amide bonds. The van der Waals surface area contributed by atoms with Gasteiger partial charge in [0.15, 0.2) is 0 Å². The fraction of sp³-hybridized carbons (Fsp3) is 0.261. The van der Waals surface area contributed by atoms with Crippen LogP contribution in [-0.4, -0.2) is 31.6 Å². The molecule has 4 rings (SSSR count). The van der Waals surface area contributed by atoms with Gasteiger partial charge in [-0.15, -0.1) is 0 Å². The minimum Gasteiger partial charge on any atom is -0.444 e. The number of ether oxygens (including phenoxy) is 1. The molecular formula is C23H23F2N5O2. The largest absolute Gasteiger partial charge is 0.444 e. The standard InChI is InChI=1S/C23H23F2N5O2/c1-23(2,3)32-22(31)30-19(8-13-10-26-18-9-14(24)4-6-16(13)18)21-28-12-20(29-21)17-7-5-15(25)11-27-17/h4-7,9-12,19,26H,8H2,1-3H3,(H,28,29)(H,30,31)/t19-/m0/s1. The summed E-state index contributed by atoms with van der Waals surface area (Å²) in [6.07, 6.45) is 4.31. The Bertz CT molecular complexity index is 1240. The number of carbonyl (C=O) groups excluding carboxylic acids is 1. The van der Waals surface area contributed by atoms with Crippen molar-refractivity contribution in [3.05, 3.63) is 71.9 Å². The molecule has 3 heterocycles. The van der Waals surface area contributed by atoms with E-state index in [9.17, 15) is 13.6 Å². The van der Waals surface area contributed by atoms with Crippen molar-refractivity contribution in [2.75, 3.05) is 0 Å². The zero-order valence-corrected chi connectivity index (χ0v) is 17.9. The number of fused-ring (bicyclic) bond motifs is 1. The number of alkyl carbamates (subject to hydrolysis) is 1. The first-order valence-electron chi connectivity index (χ1n) is 10.1. The summed E-state index contributed by atoms with van der Waals surface area (Å²) >= 11 is 0. The highest BCUT2D eigenvalue weighted by Gasteiger charge is 2.24. The van der Waals surface area contributed by atoms with E-state index in [1.807, 2.05) is 0 Å². The number of nitrogens with zero attached hydrogens (tertiary/aromatic N) is 2. The number of pyridine rings is 1. The van der Waals surface area contributed by atoms with Crippen LogP contribution in [0.2, 0.25) is 0 Å². The number of nitrogens with one attached hydrogen (secondary N) is 3. The van der Waals surface area contributed by atoms with E-state index in [4.69, 9.17) is 4.74 Å². The first-order valence-corrected chi connectivity index (χ1v) is 10.1. The highest BCUT2D eigenvalue weighted by Crippen LogP contribution is 2.26. The number of imidazole rings is 1. The lowest BCUT2D eigenvalue weighted by Gasteiger charge is -2.23. The molecule has 0 aliphatic rings. The molecule has 0 fully saturated rings. The summed E-state index contributed by atoms with van der Waals surface area (Å²) in [5, 5.41) is 3.70. The van der Waals surface area contributed by atoms with E-state index in [-0.39, 0.29) is 5.82 Å². The topological polar surface area (TPSA) is 95.7 Å². The SMILES string of the molecule is CC(C)(C)OC(=O)N[C@@H](Cc1c[nH]c2cc(F)ccc12)c1nc(-c2ccc(F)cn2)c[nH]1. The Morgan fingerprint density at radius 1 is 1.09 bits per heavy atom. The third kappa shape index (κ3) is 4.93. The third-order valence-corrected chi connectivity index (χ3v) is 4.76. The molecule has 3 N–H and O–H groups in total. The lowest BCUT2D eigenvalue weighted by molar-refractivity contribution is 0.0501. The Kier molecular flexibility index (Phi) is 5.65. The Labute approximate surface area is 183 Å². The van der Waals surface area contributed by atoms with Crippen LogP contribution in [0, 0.1) is 11.6 Å². The van der Waals surface area contributed by atoms with Gasteiger partial charge in [0, 0.05) is 29.7 Å². The minimum atomic E-state index is -0.667. The Balaban J connectivity index is 1.64. The highest BCUT2D eigenvalue weighted by molar-refractivity contribution is 5.83. The number of benzene rings is 1. The van der Waals surface area contributed by atoms with Crippen LogP contribution in [0.1, 0.15) is 38.2 Å². The Morgan fingerprint density at radius 3 is 2.59 bits per heavy atom. The summed E-state index contributed by atoms with van der Waals surface area (Å²) in [6.45, 7) is 5.34. The molecule has 0 saturated heterocycles. The van der Waals surface area contributed by atoms with E-state index in [1.165, 1.54) is 24.3 Å². The number of carbonyl (C=O) groups is 1. The second kappa shape index (κ2) is 8.41. The molecule has 9 heteroatoms. The van der Waals surface area contributed by atoms with Crippen molar-refractivity contribution in [2.45, 2.75) is 38.8 Å². The van der Waals surface area contributed by atoms with Gasteiger partial charge in [-0.25, -0.2) is 18.6 Å². The van der Waals surface area contributed by atoms with E-state index in [2.05, 4.69) is 25.3 Å². The van der Waals surface area contributed by atoms with Crippen LogP contribution >= 0.6 is 0 Å². The van der Waals surface area contributed by atoms with Crippen molar-refractivity contribution in [2.24, 2.45) is 0 Å². The number of aromatic nitrogens is 4. The Morgan fingerprint density at radius 2 is 1.88 bits per heavy atom. The first-order chi connectivity index (χ1) is 15.2. The smallest absolute Gasteiger partial charge is 0.408 e. The summed E-state index contributed by atoms with van der Waals surface area (Å²) in [6, 6.07) is 6.76. The second-order valence-electron chi connectivity index (χ2n) is 8.44. The third-order valence-electron chi connectivity index (χ3n) is 4.76. The van der Waals surface area contributed by atoms with Gasteiger partial charge in [-0.05, 0) is 56.7 Å². The molecule has 1 aromatic carbocycles. The van der Waals surface area contributed by atoms with Gasteiger partial charge in [-0.3, -0.25) is 4.98 Å². The van der Waals surface area contributed by atoms with Crippen molar-refractivity contribution in [1.82, 2.24) is 25.3 Å². The normalized spacial score (nSPS) is 12.7. The summed E-state index contributed by atoms with van der Waals surface area (Å²) in [7, 11) is 0.